The summed E-state index contributed by atoms with van der Waals surface area (Å²) in [7, 11) is 0. The third kappa shape index (κ3) is 2.09. The molecule has 2 heterocycles. The molecule has 2 N–H and O–H groups in total. The smallest absolute Gasteiger partial charge is 0.175 e. The fraction of sp³-hybridized carbons (Fsp3) is 0.400. The van der Waals surface area contributed by atoms with Crippen LogP contribution in [0.4, 0.5) is 5.82 Å². The summed E-state index contributed by atoms with van der Waals surface area (Å²) in [6, 6.07) is 5.76. The van der Waals surface area contributed by atoms with E-state index in [2.05, 4.69) is 25.9 Å². The normalized spacial score (nSPS) is 14.3. The van der Waals surface area contributed by atoms with E-state index >= 15 is 0 Å². The number of nitrogens with two attached hydrogens (primary N) is 1. The maximum atomic E-state index is 5.97. The molecule has 0 radical (unpaired) electrons. The second kappa shape index (κ2) is 4.44. The molecule has 0 unspecified atom stereocenters. The van der Waals surface area contributed by atoms with Gasteiger partial charge in [-0.2, -0.15) is 0 Å². The van der Waals surface area contributed by atoms with Gasteiger partial charge in [0.05, 0.1) is 5.56 Å². The Labute approximate surface area is 117 Å². The Balaban J connectivity index is 2.12. The molecular weight excluding hydrogens is 256 g/mol. The highest BCUT2D eigenvalue weighted by atomic mass is 16.6. The van der Waals surface area contributed by atoms with Crippen LogP contribution in [0.15, 0.2) is 22.7 Å². The summed E-state index contributed by atoms with van der Waals surface area (Å²) in [5, 5.41) is 3.90. The highest BCUT2D eigenvalue weighted by Crippen LogP contribution is 2.40. The van der Waals surface area contributed by atoms with Crippen molar-refractivity contribution in [2.45, 2.75) is 26.2 Å². The zero-order valence-corrected chi connectivity index (χ0v) is 11.9. The van der Waals surface area contributed by atoms with Gasteiger partial charge in [-0.3, -0.25) is 0 Å². The largest absolute Gasteiger partial charge is 0.486 e. The van der Waals surface area contributed by atoms with Crippen LogP contribution in [0.5, 0.6) is 11.5 Å². The molecule has 1 aromatic heterocycles. The first-order valence-corrected chi connectivity index (χ1v) is 6.62. The SMILES string of the molecule is CC(C)(C)c1onc(N)c1-c1ccc2c(c1)OCCO2. The Hall–Kier alpha value is -2.17. The van der Waals surface area contributed by atoms with Crippen LogP contribution in [0, 0.1) is 0 Å². The fourth-order valence-electron chi connectivity index (χ4n) is 2.29. The molecule has 1 aliphatic rings. The molecule has 1 aromatic carbocycles. The third-order valence-corrected chi connectivity index (χ3v) is 3.23. The number of rotatable bonds is 1. The predicted molar refractivity (Wildman–Crippen MR) is 76.0 cm³/mol. The highest BCUT2D eigenvalue weighted by Gasteiger charge is 2.27. The maximum Gasteiger partial charge on any atom is 0.175 e. The number of hydrogen-bond acceptors (Lipinski definition) is 5. The van der Waals surface area contributed by atoms with Gasteiger partial charge in [0, 0.05) is 5.41 Å². The van der Waals surface area contributed by atoms with Crippen molar-refractivity contribution in [3.8, 4) is 22.6 Å². The van der Waals surface area contributed by atoms with Gasteiger partial charge < -0.3 is 19.7 Å². The van der Waals surface area contributed by atoms with Crippen molar-refractivity contribution in [3.63, 3.8) is 0 Å². The van der Waals surface area contributed by atoms with E-state index in [9.17, 15) is 0 Å². The number of anilines is 1. The number of fused-ring (bicyclic) bond motifs is 1. The molecule has 106 valence electrons. The Morgan fingerprint density at radius 2 is 1.80 bits per heavy atom. The van der Waals surface area contributed by atoms with Crippen LogP contribution in [0.25, 0.3) is 11.1 Å². The second-order valence-corrected chi connectivity index (χ2v) is 5.88. The number of hydrogen-bond donors (Lipinski definition) is 1. The van der Waals surface area contributed by atoms with E-state index in [4.69, 9.17) is 19.7 Å². The topological polar surface area (TPSA) is 70.5 Å². The Morgan fingerprint density at radius 1 is 1.10 bits per heavy atom. The Bertz CT molecular complexity index is 641. The van der Waals surface area contributed by atoms with Crippen molar-refractivity contribution in [1.82, 2.24) is 5.16 Å². The van der Waals surface area contributed by atoms with E-state index in [1.165, 1.54) is 0 Å². The van der Waals surface area contributed by atoms with E-state index in [0.717, 1.165) is 28.4 Å². The van der Waals surface area contributed by atoms with E-state index < -0.39 is 0 Å². The van der Waals surface area contributed by atoms with Crippen LogP contribution >= 0.6 is 0 Å². The van der Waals surface area contributed by atoms with E-state index in [0.29, 0.717) is 19.0 Å². The van der Waals surface area contributed by atoms with Crippen molar-refractivity contribution < 1.29 is 14.0 Å². The van der Waals surface area contributed by atoms with Gasteiger partial charge in [0.25, 0.3) is 0 Å². The van der Waals surface area contributed by atoms with Crippen molar-refractivity contribution >= 4 is 5.82 Å². The first-order valence-electron chi connectivity index (χ1n) is 6.62. The van der Waals surface area contributed by atoms with E-state index in [1.54, 1.807) is 0 Å². The molecule has 0 aliphatic carbocycles. The molecule has 3 rings (SSSR count). The summed E-state index contributed by atoms with van der Waals surface area (Å²) in [6.07, 6.45) is 0. The van der Waals surface area contributed by atoms with Gasteiger partial charge in [0.2, 0.25) is 0 Å². The van der Waals surface area contributed by atoms with Crippen LogP contribution in [0.1, 0.15) is 26.5 Å². The second-order valence-electron chi connectivity index (χ2n) is 5.88. The molecule has 0 fully saturated rings. The standard InChI is InChI=1S/C15H18N2O3/c1-15(2,3)13-12(14(16)17-20-13)9-4-5-10-11(8-9)19-7-6-18-10/h4-5,8H,6-7H2,1-3H3,(H2,16,17). The van der Waals surface area contributed by atoms with Crippen LogP contribution in [0.2, 0.25) is 0 Å². The average Bonchev–Trinajstić information content (AvgIpc) is 2.80. The summed E-state index contributed by atoms with van der Waals surface area (Å²) >= 11 is 0. The molecule has 0 amide bonds. The molecule has 0 saturated heterocycles. The van der Waals surface area contributed by atoms with Crippen LogP contribution in [0.3, 0.4) is 0 Å². The summed E-state index contributed by atoms with van der Waals surface area (Å²) < 4.78 is 16.6. The first kappa shape index (κ1) is 12.8. The quantitative estimate of drug-likeness (QED) is 0.865. The van der Waals surface area contributed by atoms with Crippen molar-refractivity contribution in [2.24, 2.45) is 0 Å². The lowest BCUT2D eigenvalue weighted by Crippen LogP contribution is -2.15. The van der Waals surface area contributed by atoms with Gasteiger partial charge in [0.1, 0.15) is 13.2 Å². The minimum Gasteiger partial charge on any atom is -0.486 e. The van der Waals surface area contributed by atoms with Gasteiger partial charge in [-0.15, -0.1) is 0 Å². The van der Waals surface area contributed by atoms with Crippen LogP contribution in [-0.4, -0.2) is 18.4 Å². The van der Waals surface area contributed by atoms with Gasteiger partial charge in [-0.05, 0) is 17.7 Å². The van der Waals surface area contributed by atoms with E-state index in [1.807, 2.05) is 18.2 Å². The van der Waals surface area contributed by atoms with Gasteiger partial charge in [-0.25, -0.2) is 0 Å². The van der Waals surface area contributed by atoms with Gasteiger partial charge in [-0.1, -0.05) is 32.0 Å². The molecule has 1 aliphatic heterocycles. The molecule has 2 aromatic rings. The van der Waals surface area contributed by atoms with E-state index in [-0.39, 0.29) is 5.41 Å². The van der Waals surface area contributed by atoms with Crippen molar-refractivity contribution in [1.29, 1.82) is 0 Å². The molecule has 0 atom stereocenters. The zero-order valence-electron chi connectivity index (χ0n) is 11.9. The first-order chi connectivity index (χ1) is 9.47. The van der Waals surface area contributed by atoms with Crippen LogP contribution in [-0.2, 0) is 5.41 Å². The number of ether oxygens (including phenoxy) is 2. The summed E-state index contributed by atoms with van der Waals surface area (Å²) in [6.45, 7) is 7.33. The monoisotopic (exact) mass is 274 g/mol. The minimum absolute atomic E-state index is 0.173. The lowest BCUT2D eigenvalue weighted by atomic mass is 9.88. The van der Waals surface area contributed by atoms with Crippen molar-refractivity contribution in [3.05, 3.63) is 24.0 Å². The Kier molecular flexibility index (Phi) is 2.85. The lowest BCUT2D eigenvalue weighted by Gasteiger charge is -2.20. The number of nitrogen functional groups attached to an aromatic ring is 1. The van der Waals surface area contributed by atoms with Gasteiger partial charge >= 0.3 is 0 Å². The predicted octanol–water partition coefficient (Wildman–Crippen LogP) is 2.99. The highest BCUT2D eigenvalue weighted by molar-refractivity contribution is 5.78. The zero-order chi connectivity index (χ0) is 14.3. The number of nitrogens with zero attached hydrogens (tertiary/aromatic N) is 1. The number of aromatic nitrogens is 1. The molecule has 20 heavy (non-hydrogen) atoms. The Morgan fingerprint density at radius 3 is 2.50 bits per heavy atom. The fourth-order valence-corrected chi connectivity index (χ4v) is 2.29. The molecule has 0 spiro atoms. The average molecular weight is 274 g/mol. The molecule has 5 heteroatoms. The molecule has 5 nitrogen and oxygen atoms in total. The molecule has 0 saturated carbocycles. The van der Waals surface area contributed by atoms with Crippen molar-refractivity contribution in [2.75, 3.05) is 18.9 Å². The third-order valence-electron chi connectivity index (χ3n) is 3.23. The van der Waals surface area contributed by atoms with Crippen LogP contribution < -0.4 is 15.2 Å². The summed E-state index contributed by atoms with van der Waals surface area (Å²) in [5.41, 5.74) is 7.55. The maximum absolute atomic E-state index is 5.97. The molecule has 0 bridgehead atoms. The molecular formula is C15H18N2O3. The van der Waals surface area contributed by atoms with Gasteiger partial charge in [0.15, 0.2) is 23.1 Å². The number of benzene rings is 1. The summed E-state index contributed by atoms with van der Waals surface area (Å²) in [4.78, 5) is 0. The minimum atomic E-state index is -0.173. The summed E-state index contributed by atoms with van der Waals surface area (Å²) in [5.74, 6) is 2.65. The lowest BCUT2D eigenvalue weighted by molar-refractivity contribution is 0.171.